The molecule has 4 rings (SSSR count). The van der Waals surface area contributed by atoms with Gasteiger partial charge in [0.1, 0.15) is 5.75 Å². The highest BCUT2D eigenvalue weighted by molar-refractivity contribution is 5.99. The predicted molar refractivity (Wildman–Crippen MR) is 140 cm³/mol. The highest BCUT2D eigenvalue weighted by Gasteiger charge is 2.51. The highest BCUT2D eigenvalue weighted by Crippen LogP contribution is 2.47. The van der Waals surface area contributed by atoms with E-state index in [1.165, 1.54) is 31.7 Å². The molecule has 2 aromatic rings. The molecule has 2 fully saturated rings. The van der Waals surface area contributed by atoms with E-state index in [0.29, 0.717) is 17.1 Å². The number of nitrogens with zero attached hydrogens (tertiary/aromatic N) is 2. The molecule has 0 bridgehead atoms. The lowest BCUT2D eigenvalue weighted by Gasteiger charge is -2.44. The summed E-state index contributed by atoms with van der Waals surface area (Å²) < 4.78 is 5.35. The summed E-state index contributed by atoms with van der Waals surface area (Å²) >= 11 is 0. The van der Waals surface area contributed by atoms with Crippen molar-refractivity contribution in [2.24, 2.45) is 0 Å². The number of hydrogen-bond acceptors (Lipinski definition) is 5. The van der Waals surface area contributed by atoms with Crippen molar-refractivity contribution in [1.29, 1.82) is 0 Å². The predicted octanol–water partition coefficient (Wildman–Crippen LogP) is 4.67. The summed E-state index contributed by atoms with van der Waals surface area (Å²) in [5, 5.41) is 5.85. The van der Waals surface area contributed by atoms with Crippen molar-refractivity contribution in [2.75, 3.05) is 37.9 Å². The van der Waals surface area contributed by atoms with E-state index in [4.69, 9.17) is 4.74 Å². The average Bonchev–Trinajstić information content (AvgIpc) is 3.11. The fraction of sp³-hybridized carbons (Fsp3) is 0.500. The number of hydrogen-bond donors (Lipinski definition) is 2. The van der Waals surface area contributed by atoms with E-state index in [-0.39, 0.29) is 36.0 Å². The molecule has 0 aliphatic carbocycles. The molecule has 2 saturated heterocycles. The first-order chi connectivity index (χ1) is 16.8. The maximum atomic E-state index is 13.5. The van der Waals surface area contributed by atoms with Crippen molar-refractivity contribution in [3.63, 3.8) is 0 Å². The van der Waals surface area contributed by atoms with Crippen molar-refractivity contribution in [2.45, 2.75) is 63.6 Å². The van der Waals surface area contributed by atoms with Gasteiger partial charge in [0.05, 0.1) is 25.0 Å². The van der Waals surface area contributed by atoms with E-state index in [2.05, 4.69) is 58.7 Å². The van der Waals surface area contributed by atoms with Gasteiger partial charge in [-0.25, -0.2) is 0 Å². The number of fused-ring (bicyclic) bond motifs is 1. The third-order valence-electron chi connectivity index (χ3n) is 7.79. The molecule has 2 aliphatic heterocycles. The molecule has 2 aliphatic rings. The molecular formula is C28H38N4O3. The van der Waals surface area contributed by atoms with E-state index in [1.54, 1.807) is 25.3 Å². The Labute approximate surface area is 208 Å². The van der Waals surface area contributed by atoms with E-state index in [0.717, 1.165) is 19.4 Å². The second kappa shape index (κ2) is 10.8. The Kier molecular flexibility index (Phi) is 7.77. The molecule has 0 radical (unpaired) electrons. The second-order valence-electron chi connectivity index (χ2n) is 10.1. The number of likely N-dealkylation sites (N-methyl/N-ethyl adjacent to an activating group) is 1. The largest absolute Gasteiger partial charge is 0.497 e. The minimum absolute atomic E-state index is 0.00147. The quantitative estimate of drug-likeness (QED) is 0.631. The Hall–Kier alpha value is -2.90. The van der Waals surface area contributed by atoms with Crippen LogP contribution >= 0.6 is 0 Å². The first kappa shape index (κ1) is 25.2. The molecular weight excluding hydrogens is 440 g/mol. The van der Waals surface area contributed by atoms with Gasteiger partial charge in [0, 0.05) is 30.6 Å². The van der Waals surface area contributed by atoms with Crippen LogP contribution in [0.4, 0.5) is 11.4 Å². The number of rotatable bonds is 6. The van der Waals surface area contributed by atoms with Crippen LogP contribution < -0.4 is 15.4 Å². The molecule has 188 valence electrons. The van der Waals surface area contributed by atoms with E-state index in [9.17, 15) is 9.59 Å². The van der Waals surface area contributed by atoms with Crippen molar-refractivity contribution in [3.05, 3.63) is 54.1 Å². The van der Waals surface area contributed by atoms with E-state index < -0.39 is 0 Å². The molecule has 0 saturated carbocycles. The van der Waals surface area contributed by atoms with E-state index in [1.807, 2.05) is 6.07 Å². The van der Waals surface area contributed by atoms with Gasteiger partial charge in [-0.3, -0.25) is 19.4 Å². The number of likely N-dealkylation sites (tertiary alicyclic amines) is 2. The lowest BCUT2D eigenvalue weighted by Crippen LogP contribution is -2.55. The zero-order chi connectivity index (χ0) is 25.0. The molecule has 3 atom stereocenters. The van der Waals surface area contributed by atoms with Crippen LogP contribution in [0.1, 0.15) is 57.6 Å². The minimum Gasteiger partial charge on any atom is -0.497 e. The molecule has 0 unspecified atom stereocenters. The molecule has 35 heavy (non-hydrogen) atoms. The molecule has 2 amide bonds. The Morgan fingerprint density at radius 2 is 1.83 bits per heavy atom. The molecule has 0 spiro atoms. The van der Waals surface area contributed by atoms with Crippen molar-refractivity contribution >= 4 is 23.2 Å². The van der Waals surface area contributed by atoms with Gasteiger partial charge in [-0.15, -0.1) is 0 Å². The highest BCUT2D eigenvalue weighted by atomic mass is 16.5. The Morgan fingerprint density at radius 3 is 2.54 bits per heavy atom. The molecule has 0 aromatic heterocycles. The molecule has 2 N–H and O–H groups in total. The van der Waals surface area contributed by atoms with Crippen molar-refractivity contribution in [1.82, 2.24) is 9.80 Å². The van der Waals surface area contributed by atoms with Crippen LogP contribution in [-0.4, -0.2) is 60.4 Å². The third kappa shape index (κ3) is 5.52. The van der Waals surface area contributed by atoms with Crippen molar-refractivity contribution in [3.8, 4) is 5.75 Å². The second-order valence-corrected chi connectivity index (χ2v) is 10.1. The number of methoxy groups -OCH3 is 1. The lowest BCUT2D eigenvalue weighted by molar-refractivity contribution is -0.118. The summed E-state index contributed by atoms with van der Waals surface area (Å²) in [6.45, 7) is 5.19. The van der Waals surface area contributed by atoms with Crippen LogP contribution in [-0.2, 0) is 9.59 Å². The SMILES string of the molecule is COc1ccc(NC(C)=O)c(NC(=O)CN2[C@H]3CCCCCN(C)[C@@]3(C)C[C@H]2c2ccccc2)c1. The van der Waals surface area contributed by atoms with Gasteiger partial charge in [-0.1, -0.05) is 43.2 Å². The molecule has 2 heterocycles. The van der Waals surface area contributed by atoms with E-state index >= 15 is 0 Å². The van der Waals surface area contributed by atoms with Crippen LogP contribution in [0.5, 0.6) is 5.75 Å². The topological polar surface area (TPSA) is 73.9 Å². The average molecular weight is 479 g/mol. The fourth-order valence-corrected chi connectivity index (χ4v) is 5.84. The van der Waals surface area contributed by atoms with Gasteiger partial charge in [0.15, 0.2) is 0 Å². The van der Waals surface area contributed by atoms with Crippen LogP contribution in [0, 0.1) is 0 Å². The number of amides is 2. The Balaban J connectivity index is 1.62. The van der Waals surface area contributed by atoms with Gasteiger partial charge >= 0.3 is 0 Å². The zero-order valence-corrected chi connectivity index (χ0v) is 21.3. The molecule has 7 nitrogen and oxygen atoms in total. The zero-order valence-electron chi connectivity index (χ0n) is 21.3. The molecule has 7 heteroatoms. The smallest absolute Gasteiger partial charge is 0.238 e. The number of carbonyl (C=O) groups is 2. The summed E-state index contributed by atoms with van der Waals surface area (Å²) in [7, 11) is 3.82. The van der Waals surface area contributed by atoms with Gasteiger partial charge < -0.3 is 15.4 Å². The van der Waals surface area contributed by atoms with Crippen LogP contribution in [0.3, 0.4) is 0 Å². The monoisotopic (exact) mass is 478 g/mol. The summed E-state index contributed by atoms with van der Waals surface area (Å²) in [4.78, 5) is 30.1. The number of ether oxygens (including phenoxy) is 1. The van der Waals surface area contributed by atoms with Crippen LogP contribution in [0.25, 0.3) is 0 Å². The number of carbonyl (C=O) groups excluding carboxylic acids is 2. The molecule has 2 aromatic carbocycles. The maximum Gasteiger partial charge on any atom is 0.238 e. The van der Waals surface area contributed by atoms with Gasteiger partial charge in [-0.05, 0) is 57.5 Å². The lowest BCUT2D eigenvalue weighted by atomic mass is 9.84. The van der Waals surface area contributed by atoms with Gasteiger partial charge in [0.25, 0.3) is 0 Å². The first-order valence-electron chi connectivity index (χ1n) is 12.6. The van der Waals surface area contributed by atoms with Gasteiger partial charge in [-0.2, -0.15) is 0 Å². The summed E-state index contributed by atoms with van der Waals surface area (Å²) in [5.74, 6) is 0.328. The summed E-state index contributed by atoms with van der Waals surface area (Å²) in [6, 6.07) is 16.3. The summed E-state index contributed by atoms with van der Waals surface area (Å²) in [6.07, 6.45) is 5.68. The van der Waals surface area contributed by atoms with Crippen LogP contribution in [0.15, 0.2) is 48.5 Å². The Morgan fingerprint density at radius 1 is 1.06 bits per heavy atom. The number of anilines is 2. The van der Waals surface area contributed by atoms with Crippen LogP contribution in [0.2, 0.25) is 0 Å². The first-order valence-corrected chi connectivity index (χ1v) is 12.6. The summed E-state index contributed by atoms with van der Waals surface area (Å²) in [5.41, 5.74) is 2.35. The number of nitrogens with one attached hydrogen (secondary N) is 2. The third-order valence-corrected chi connectivity index (χ3v) is 7.79. The minimum atomic E-state index is -0.192. The van der Waals surface area contributed by atoms with Crippen molar-refractivity contribution < 1.29 is 14.3 Å². The normalized spacial score (nSPS) is 25.3. The van der Waals surface area contributed by atoms with Gasteiger partial charge in [0.2, 0.25) is 11.8 Å². The maximum absolute atomic E-state index is 13.5. The number of benzene rings is 2. The fourth-order valence-electron chi connectivity index (χ4n) is 5.84. The Bertz CT molecular complexity index is 1040. The standard InChI is InChI=1S/C28H38N4O3/c1-20(33)29-23-15-14-22(35-4)17-24(23)30-27(34)19-32-25(21-11-7-5-8-12-21)18-28(2)26(32)13-9-6-10-16-31(28)3/h5,7-8,11-12,14-15,17,25-26H,6,9-10,13,16,18-19H2,1-4H3,(H,29,33)(H,30,34)/t25-,26-,28-/m0/s1.